The minimum Gasteiger partial charge on any atom is -0.454 e. The maximum Gasteiger partial charge on any atom is 0.449 e. The number of para-hydroxylation sites is 2. The second kappa shape index (κ2) is 6.49. The van der Waals surface area contributed by atoms with Gasteiger partial charge in [0, 0.05) is 6.54 Å². The number of hydrogen-bond donors (Lipinski definition) is 1. The number of carbonyl (C=O) groups is 1. The van der Waals surface area contributed by atoms with Crippen molar-refractivity contribution in [3.63, 3.8) is 0 Å². The fourth-order valence-corrected chi connectivity index (χ4v) is 2.90. The number of ether oxygens (including phenoxy) is 2. The number of benzene rings is 2. The van der Waals surface area contributed by atoms with E-state index in [4.69, 9.17) is 9.47 Å². The first kappa shape index (κ1) is 17.2. The molecule has 0 saturated heterocycles. The zero-order valence-corrected chi connectivity index (χ0v) is 13.9. The highest BCUT2D eigenvalue weighted by molar-refractivity contribution is 5.81. The van der Waals surface area contributed by atoms with Gasteiger partial charge in [-0.2, -0.15) is 13.2 Å². The molecule has 0 bridgehead atoms. The Hall–Kier alpha value is -3.23. The van der Waals surface area contributed by atoms with Crippen molar-refractivity contribution in [2.45, 2.75) is 19.3 Å². The van der Waals surface area contributed by atoms with Gasteiger partial charge in [-0.05, 0) is 29.8 Å². The normalized spacial score (nSPS) is 13.1. The predicted octanol–water partition coefficient (Wildman–Crippen LogP) is 3.10. The molecule has 6 nitrogen and oxygen atoms in total. The van der Waals surface area contributed by atoms with Crippen molar-refractivity contribution >= 4 is 16.9 Å². The molecule has 0 radical (unpaired) electrons. The average Bonchev–Trinajstić information content (AvgIpc) is 3.24. The lowest BCUT2D eigenvalue weighted by molar-refractivity contribution is -0.147. The number of rotatable bonds is 4. The number of imidazole rings is 1. The van der Waals surface area contributed by atoms with Crippen LogP contribution in [0.2, 0.25) is 0 Å². The van der Waals surface area contributed by atoms with Gasteiger partial charge in [0.15, 0.2) is 11.5 Å². The third-order valence-corrected chi connectivity index (χ3v) is 4.14. The Morgan fingerprint density at radius 3 is 2.74 bits per heavy atom. The van der Waals surface area contributed by atoms with Crippen LogP contribution < -0.4 is 14.8 Å². The van der Waals surface area contributed by atoms with Gasteiger partial charge in [0.1, 0.15) is 6.54 Å². The fourth-order valence-electron chi connectivity index (χ4n) is 2.90. The molecule has 0 unspecified atom stereocenters. The van der Waals surface area contributed by atoms with E-state index >= 15 is 0 Å². The molecule has 27 heavy (non-hydrogen) atoms. The molecule has 0 spiro atoms. The van der Waals surface area contributed by atoms with Gasteiger partial charge in [-0.15, -0.1) is 0 Å². The molecule has 9 heteroatoms. The number of alkyl halides is 3. The number of nitrogens with zero attached hydrogens (tertiary/aromatic N) is 2. The van der Waals surface area contributed by atoms with Crippen molar-refractivity contribution < 1.29 is 27.4 Å². The minimum absolute atomic E-state index is 0.138. The first-order chi connectivity index (χ1) is 12.9. The van der Waals surface area contributed by atoms with Crippen LogP contribution in [0.5, 0.6) is 11.5 Å². The molecule has 4 rings (SSSR count). The van der Waals surface area contributed by atoms with Crippen LogP contribution >= 0.6 is 0 Å². The number of halogens is 3. The van der Waals surface area contributed by atoms with Gasteiger partial charge in [0.25, 0.3) is 0 Å². The molecule has 0 atom stereocenters. The van der Waals surface area contributed by atoms with Crippen molar-refractivity contribution in [2.75, 3.05) is 6.79 Å². The van der Waals surface area contributed by atoms with Gasteiger partial charge < -0.3 is 19.4 Å². The highest BCUT2D eigenvalue weighted by Crippen LogP contribution is 2.33. The monoisotopic (exact) mass is 377 g/mol. The first-order valence-electron chi connectivity index (χ1n) is 8.09. The lowest BCUT2D eigenvalue weighted by Crippen LogP contribution is -2.29. The largest absolute Gasteiger partial charge is 0.454 e. The zero-order valence-electron chi connectivity index (χ0n) is 13.9. The molecule has 1 amide bonds. The molecular weight excluding hydrogens is 363 g/mol. The van der Waals surface area contributed by atoms with Crippen molar-refractivity contribution in [2.24, 2.45) is 0 Å². The summed E-state index contributed by atoms with van der Waals surface area (Å²) in [5, 5.41) is 2.62. The molecule has 140 valence electrons. The van der Waals surface area contributed by atoms with Gasteiger partial charge in [-0.3, -0.25) is 4.79 Å². The average molecular weight is 377 g/mol. The van der Waals surface area contributed by atoms with E-state index in [1.165, 1.54) is 12.1 Å². The maximum atomic E-state index is 13.3. The Morgan fingerprint density at radius 2 is 1.93 bits per heavy atom. The second-order valence-corrected chi connectivity index (χ2v) is 5.97. The second-order valence-electron chi connectivity index (χ2n) is 5.97. The summed E-state index contributed by atoms with van der Waals surface area (Å²) in [6, 6.07) is 11.4. The van der Waals surface area contributed by atoms with Crippen LogP contribution in [0.1, 0.15) is 11.4 Å². The van der Waals surface area contributed by atoms with Crippen LogP contribution in [0, 0.1) is 0 Å². The number of aromatic nitrogens is 2. The molecule has 1 N–H and O–H groups in total. The summed E-state index contributed by atoms with van der Waals surface area (Å²) in [6.45, 7) is -0.192. The highest BCUT2D eigenvalue weighted by Gasteiger charge is 2.37. The summed E-state index contributed by atoms with van der Waals surface area (Å²) in [4.78, 5) is 15.9. The van der Waals surface area contributed by atoms with Crippen LogP contribution in [0.3, 0.4) is 0 Å². The van der Waals surface area contributed by atoms with Gasteiger partial charge in [-0.1, -0.05) is 18.2 Å². The smallest absolute Gasteiger partial charge is 0.449 e. The van der Waals surface area contributed by atoms with Crippen LogP contribution in [-0.2, 0) is 24.1 Å². The Labute approximate surface area is 151 Å². The van der Waals surface area contributed by atoms with Gasteiger partial charge in [0.05, 0.1) is 11.0 Å². The van der Waals surface area contributed by atoms with Crippen LogP contribution in [0.25, 0.3) is 11.0 Å². The molecule has 1 aliphatic rings. The lowest BCUT2D eigenvalue weighted by Gasteiger charge is -2.12. The molecule has 3 aromatic rings. The predicted molar refractivity (Wildman–Crippen MR) is 89.1 cm³/mol. The third-order valence-electron chi connectivity index (χ3n) is 4.14. The topological polar surface area (TPSA) is 65.4 Å². The van der Waals surface area contributed by atoms with Crippen molar-refractivity contribution in [1.82, 2.24) is 14.9 Å². The van der Waals surface area contributed by atoms with E-state index in [1.807, 2.05) is 0 Å². The quantitative estimate of drug-likeness (QED) is 0.759. The van der Waals surface area contributed by atoms with Gasteiger partial charge in [0.2, 0.25) is 18.5 Å². The Balaban J connectivity index is 1.51. The number of carbonyl (C=O) groups excluding carboxylic acids is 1. The van der Waals surface area contributed by atoms with Crippen LogP contribution in [0.15, 0.2) is 42.5 Å². The van der Waals surface area contributed by atoms with Gasteiger partial charge >= 0.3 is 6.18 Å². The molecule has 2 heterocycles. The van der Waals surface area contributed by atoms with E-state index in [2.05, 4.69) is 10.3 Å². The maximum absolute atomic E-state index is 13.3. The van der Waals surface area contributed by atoms with Crippen LogP contribution in [0.4, 0.5) is 13.2 Å². The van der Waals surface area contributed by atoms with Gasteiger partial charge in [-0.25, -0.2) is 4.98 Å². The lowest BCUT2D eigenvalue weighted by atomic mass is 10.2. The van der Waals surface area contributed by atoms with E-state index in [0.29, 0.717) is 11.5 Å². The van der Waals surface area contributed by atoms with E-state index in [-0.39, 0.29) is 24.4 Å². The van der Waals surface area contributed by atoms with E-state index in [1.54, 1.807) is 30.3 Å². The summed E-state index contributed by atoms with van der Waals surface area (Å²) in [6.07, 6.45) is -4.66. The molecular formula is C18H14F3N3O3. The van der Waals surface area contributed by atoms with Crippen LogP contribution in [-0.4, -0.2) is 22.3 Å². The third kappa shape index (κ3) is 3.40. The fraction of sp³-hybridized carbons (Fsp3) is 0.222. The SMILES string of the molecule is O=C(Cn1c(C(F)(F)F)nc2ccccc21)NCc1ccc2c(c1)OCO2. The molecule has 2 aromatic carbocycles. The van der Waals surface area contributed by atoms with E-state index in [9.17, 15) is 18.0 Å². The van der Waals surface area contributed by atoms with Crippen molar-refractivity contribution in [3.8, 4) is 11.5 Å². The summed E-state index contributed by atoms with van der Waals surface area (Å²) in [7, 11) is 0. The number of hydrogen-bond acceptors (Lipinski definition) is 4. The minimum atomic E-state index is -4.66. The Morgan fingerprint density at radius 1 is 1.15 bits per heavy atom. The number of nitrogens with one attached hydrogen (secondary N) is 1. The molecule has 0 aliphatic carbocycles. The number of amides is 1. The first-order valence-corrected chi connectivity index (χ1v) is 8.09. The number of fused-ring (bicyclic) bond motifs is 2. The summed E-state index contributed by atoms with van der Waals surface area (Å²) < 4.78 is 51.2. The standard InChI is InChI=1S/C18H14F3N3O3/c19-18(20,21)17-23-12-3-1-2-4-13(12)24(17)9-16(25)22-8-11-5-6-14-15(7-11)27-10-26-14/h1-7H,8-10H2,(H,22,25). The van der Waals surface area contributed by atoms with Crippen molar-refractivity contribution in [1.29, 1.82) is 0 Å². The zero-order chi connectivity index (χ0) is 19.0. The van der Waals surface area contributed by atoms with E-state index in [0.717, 1.165) is 10.1 Å². The molecule has 0 saturated carbocycles. The molecule has 1 aromatic heterocycles. The highest BCUT2D eigenvalue weighted by atomic mass is 19.4. The molecule has 0 fully saturated rings. The summed E-state index contributed by atoms with van der Waals surface area (Å²) in [5.74, 6) is -0.463. The summed E-state index contributed by atoms with van der Waals surface area (Å²) >= 11 is 0. The molecule has 1 aliphatic heterocycles. The van der Waals surface area contributed by atoms with Crippen molar-refractivity contribution in [3.05, 3.63) is 53.9 Å². The Bertz CT molecular complexity index is 1010. The van der Waals surface area contributed by atoms with E-state index < -0.39 is 24.5 Å². The summed E-state index contributed by atoms with van der Waals surface area (Å²) in [5.41, 5.74) is 1.19. The Kier molecular flexibility index (Phi) is 4.14.